The largest absolute Gasteiger partial charge is 0.494 e. The number of aromatic nitrogens is 2. The van der Waals surface area contributed by atoms with Gasteiger partial charge in [-0.1, -0.05) is 23.9 Å². The molecule has 0 unspecified atom stereocenters. The van der Waals surface area contributed by atoms with E-state index < -0.39 is 0 Å². The molecule has 0 radical (unpaired) electrons. The van der Waals surface area contributed by atoms with E-state index in [1.807, 2.05) is 49.4 Å². The summed E-state index contributed by atoms with van der Waals surface area (Å²) < 4.78 is 18.6. The van der Waals surface area contributed by atoms with E-state index in [2.05, 4.69) is 10.2 Å². The van der Waals surface area contributed by atoms with Crippen molar-refractivity contribution in [2.24, 2.45) is 0 Å². The average Bonchev–Trinajstić information content (AvgIpc) is 2.62. The Morgan fingerprint density at radius 3 is 2.50 bits per heavy atom. The summed E-state index contributed by atoms with van der Waals surface area (Å²) in [5.74, 6) is 1.29. The number of nitrogens with zero attached hydrogens (tertiary/aromatic N) is 2. The van der Waals surface area contributed by atoms with Crippen LogP contribution in [-0.4, -0.2) is 16.8 Å². The molecule has 0 N–H and O–H groups in total. The molecule has 3 aromatic rings. The van der Waals surface area contributed by atoms with Gasteiger partial charge in [0.15, 0.2) is 0 Å². The third-order valence-electron chi connectivity index (χ3n) is 3.38. The van der Waals surface area contributed by atoms with Gasteiger partial charge in [-0.2, -0.15) is 0 Å². The van der Waals surface area contributed by atoms with Crippen molar-refractivity contribution in [2.45, 2.75) is 17.7 Å². The zero-order valence-corrected chi connectivity index (χ0v) is 14.1. The Hall–Kier alpha value is -2.40. The van der Waals surface area contributed by atoms with Crippen LogP contribution in [0.15, 0.2) is 65.7 Å². The molecular weight excluding hydrogens is 323 g/mol. The van der Waals surface area contributed by atoms with Crippen LogP contribution in [0.1, 0.15) is 12.5 Å². The molecule has 0 amide bonds. The Labute approximate surface area is 144 Å². The van der Waals surface area contributed by atoms with Crippen LogP contribution >= 0.6 is 11.8 Å². The highest BCUT2D eigenvalue weighted by Gasteiger charge is 2.04. The summed E-state index contributed by atoms with van der Waals surface area (Å²) in [6, 6.07) is 18.3. The van der Waals surface area contributed by atoms with Crippen LogP contribution < -0.4 is 4.74 Å². The molecule has 0 aliphatic rings. The van der Waals surface area contributed by atoms with Crippen LogP contribution in [0.25, 0.3) is 11.3 Å². The molecule has 5 heteroatoms. The maximum atomic E-state index is 13.2. The van der Waals surface area contributed by atoms with Crippen molar-refractivity contribution in [1.82, 2.24) is 10.2 Å². The van der Waals surface area contributed by atoms with Crippen molar-refractivity contribution < 1.29 is 9.13 Å². The van der Waals surface area contributed by atoms with Gasteiger partial charge in [0.1, 0.15) is 16.6 Å². The molecule has 0 spiro atoms. The molecule has 0 atom stereocenters. The molecule has 3 rings (SSSR count). The highest BCUT2D eigenvalue weighted by molar-refractivity contribution is 7.98. The minimum absolute atomic E-state index is 0.218. The van der Waals surface area contributed by atoms with Gasteiger partial charge in [0.25, 0.3) is 0 Å². The smallest absolute Gasteiger partial charge is 0.123 e. The van der Waals surface area contributed by atoms with Gasteiger partial charge in [-0.05, 0) is 61.0 Å². The molecule has 0 saturated carbocycles. The van der Waals surface area contributed by atoms with Crippen molar-refractivity contribution in [3.05, 3.63) is 72.0 Å². The quantitative estimate of drug-likeness (QED) is 0.593. The van der Waals surface area contributed by atoms with Gasteiger partial charge >= 0.3 is 0 Å². The fraction of sp³-hybridized carbons (Fsp3) is 0.158. The van der Waals surface area contributed by atoms with Gasteiger partial charge in [-0.3, -0.25) is 0 Å². The Kier molecular flexibility index (Phi) is 5.43. The summed E-state index contributed by atoms with van der Waals surface area (Å²) in [7, 11) is 0. The third kappa shape index (κ3) is 4.32. The highest BCUT2D eigenvalue weighted by atomic mass is 32.2. The highest BCUT2D eigenvalue weighted by Crippen LogP contribution is 2.24. The van der Waals surface area contributed by atoms with E-state index in [9.17, 15) is 4.39 Å². The van der Waals surface area contributed by atoms with Crippen LogP contribution in [0, 0.1) is 5.82 Å². The van der Waals surface area contributed by atoms with Gasteiger partial charge in [0, 0.05) is 11.3 Å². The van der Waals surface area contributed by atoms with E-state index in [1.54, 1.807) is 6.07 Å². The SMILES string of the molecule is CCOc1ccc(-c2ccc(SCc3cccc(F)c3)nn2)cc1. The van der Waals surface area contributed by atoms with E-state index in [-0.39, 0.29) is 5.82 Å². The van der Waals surface area contributed by atoms with Crippen LogP contribution in [0.3, 0.4) is 0 Å². The monoisotopic (exact) mass is 340 g/mol. The Balaban J connectivity index is 1.64. The lowest BCUT2D eigenvalue weighted by Crippen LogP contribution is -1.92. The zero-order valence-electron chi connectivity index (χ0n) is 13.3. The van der Waals surface area contributed by atoms with E-state index in [4.69, 9.17) is 4.74 Å². The van der Waals surface area contributed by atoms with Gasteiger partial charge in [0.05, 0.1) is 12.3 Å². The molecule has 24 heavy (non-hydrogen) atoms. The van der Waals surface area contributed by atoms with Crippen LogP contribution in [0.2, 0.25) is 0 Å². The lowest BCUT2D eigenvalue weighted by atomic mass is 10.1. The van der Waals surface area contributed by atoms with Crippen LogP contribution in [0.4, 0.5) is 4.39 Å². The minimum Gasteiger partial charge on any atom is -0.494 e. The maximum Gasteiger partial charge on any atom is 0.123 e. The second kappa shape index (κ2) is 7.93. The summed E-state index contributed by atoms with van der Waals surface area (Å²) in [5.41, 5.74) is 2.73. The molecule has 3 nitrogen and oxygen atoms in total. The second-order valence-electron chi connectivity index (χ2n) is 5.13. The molecule has 0 aliphatic carbocycles. The van der Waals surface area contributed by atoms with Crippen molar-refractivity contribution in [3.8, 4) is 17.0 Å². The number of halogens is 1. The summed E-state index contributed by atoms with van der Waals surface area (Å²) in [5, 5.41) is 9.32. The van der Waals surface area contributed by atoms with E-state index >= 15 is 0 Å². The maximum absolute atomic E-state index is 13.2. The molecule has 1 aromatic heterocycles. The molecule has 2 aromatic carbocycles. The Morgan fingerprint density at radius 1 is 1.00 bits per heavy atom. The van der Waals surface area contributed by atoms with Crippen LogP contribution in [-0.2, 0) is 5.75 Å². The number of benzene rings is 2. The van der Waals surface area contributed by atoms with E-state index in [0.29, 0.717) is 12.4 Å². The Bertz CT molecular complexity index is 791. The lowest BCUT2D eigenvalue weighted by molar-refractivity contribution is 0.340. The van der Waals surface area contributed by atoms with Gasteiger partial charge in [-0.25, -0.2) is 4.39 Å². The fourth-order valence-electron chi connectivity index (χ4n) is 2.22. The molecule has 0 bridgehead atoms. The summed E-state index contributed by atoms with van der Waals surface area (Å²) >= 11 is 1.53. The molecule has 0 saturated heterocycles. The van der Waals surface area contributed by atoms with Crippen molar-refractivity contribution >= 4 is 11.8 Å². The lowest BCUT2D eigenvalue weighted by Gasteiger charge is -2.05. The fourth-order valence-corrected chi connectivity index (χ4v) is 2.98. The first-order valence-corrected chi connectivity index (χ1v) is 8.67. The predicted molar refractivity (Wildman–Crippen MR) is 94.6 cm³/mol. The summed E-state index contributed by atoms with van der Waals surface area (Å²) in [6.45, 7) is 2.61. The van der Waals surface area contributed by atoms with Crippen molar-refractivity contribution in [2.75, 3.05) is 6.61 Å². The molecular formula is C19H17FN2OS. The van der Waals surface area contributed by atoms with E-state index in [1.165, 1.54) is 23.9 Å². The minimum atomic E-state index is -0.218. The average molecular weight is 340 g/mol. The standard InChI is InChI=1S/C19H17FN2OS/c1-2-23-17-8-6-15(7-9-17)18-10-11-19(22-21-18)24-13-14-4-3-5-16(20)12-14/h3-12H,2,13H2,1H3. The zero-order chi connectivity index (χ0) is 16.8. The number of hydrogen-bond donors (Lipinski definition) is 0. The van der Waals surface area contributed by atoms with Crippen molar-refractivity contribution in [1.29, 1.82) is 0 Å². The summed E-state index contributed by atoms with van der Waals surface area (Å²) in [4.78, 5) is 0. The normalized spacial score (nSPS) is 10.6. The molecule has 0 fully saturated rings. The second-order valence-corrected chi connectivity index (χ2v) is 6.13. The first-order chi connectivity index (χ1) is 11.7. The first kappa shape index (κ1) is 16.5. The summed E-state index contributed by atoms with van der Waals surface area (Å²) in [6.07, 6.45) is 0. The molecule has 122 valence electrons. The topological polar surface area (TPSA) is 35.0 Å². The van der Waals surface area contributed by atoms with Gasteiger partial charge < -0.3 is 4.74 Å². The number of hydrogen-bond acceptors (Lipinski definition) is 4. The van der Waals surface area contributed by atoms with Crippen molar-refractivity contribution in [3.63, 3.8) is 0 Å². The number of rotatable bonds is 6. The number of ether oxygens (including phenoxy) is 1. The molecule has 0 aliphatic heterocycles. The van der Waals surface area contributed by atoms with E-state index in [0.717, 1.165) is 27.6 Å². The molecule has 1 heterocycles. The number of thioether (sulfide) groups is 1. The predicted octanol–water partition coefficient (Wildman–Crippen LogP) is 4.97. The van der Waals surface area contributed by atoms with Gasteiger partial charge in [0.2, 0.25) is 0 Å². The Morgan fingerprint density at radius 2 is 1.83 bits per heavy atom. The van der Waals surface area contributed by atoms with Gasteiger partial charge in [-0.15, -0.1) is 10.2 Å². The van der Waals surface area contributed by atoms with Crippen LogP contribution in [0.5, 0.6) is 5.75 Å². The first-order valence-electron chi connectivity index (χ1n) is 7.69. The third-order valence-corrected chi connectivity index (χ3v) is 4.37.